The van der Waals surface area contributed by atoms with Crippen LogP contribution in [0.4, 0.5) is 5.69 Å². The van der Waals surface area contributed by atoms with Crippen molar-refractivity contribution in [1.29, 1.82) is 0 Å². The molecule has 7 nitrogen and oxygen atoms in total. The normalized spacial score (nSPS) is 16.6. The van der Waals surface area contributed by atoms with E-state index in [9.17, 15) is 4.79 Å². The molecule has 220 valence electrons. The SMILES string of the molecule is CCCCC(CC)C(=O)N1Cc2ccccc2/C(N)=C(/N(N)C(C)(C)COC(C)(C)CCNC)c2ccccc21. The summed E-state index contributed by atoms with van der Waals surface area (Å²) in [7, 11) is 1.95. The molecule has 2 aromatic carbocycles. The first kappa shape index (κ1) is 31.7. The number of hydrogen-bond donors (Lipinski definition) is 3. The molecule has 3 rings (SSSR count). The summed E-state index contributed by atoms with van der Waals surface area (Å²) in [5.41, 5.74) is 11.0. The zero-order valence-electron chi connectivity index (χ0n) is 25.7. The number of fused-ring (bicyclic) bond motifs is 2. The monoisotopic (exact) mass is 549 g/mol. The number of unbranched alkanes of at least 4 members (excludes halogenated alkanes) is 1. The number of ether oxygens (including phenoxy) is 1. The average molecular weight is 550 g/mol. The Morgan fingerprint density at radius 1 is 1.07 bits per heavy atom. The number of amides is 1. The van der Waals surface area contributed by atoms with E-state index in [2.05, 4.69) is 52.9 Å². The summed E-state index contributed by atoms with van der Waals surface area (Å²) >= 11 is 0. The number of carbonyl (C=O) groups is 1. The number of nitrogens with zero attached hydrogens (tertiary/aromatic N) is 2. The molecule has 1 aliphatic heterocycles. The molecule has 1 aliphatic rings. The van der Waals surface area contributed by atoms with Crippen molar-refractivity contribution in [2.45, 2.75) is 91.3 Å². The van der Waals surface area contributed by atoms with Crippen LogP contribution in [0.2, 0.25) is 0 Å². The molecule has 1 amide bonds. The Hall–Kier alpha value is -2.87. The van der Waals surface area contributed by atoms with Crippen molar-refractivity contribution in [3.8, 4) is 0 Å². The largest absolute Gasteiger partial charge is 0.396 e. The third-order valence-corrected chi connectivity index (χ3v) is 8.04. The van der Waals surface area contributed by atoms with Gasteiger partial charge in [0.25, 0.3) is 0 Å². The van der Waals surface area contributed by atoms with Crippen molar-refractivity contribution >= 4 is 23.0 Å². The van der Waals surface area contributed by atoms with Crippen molar-refractivity contribution < 1.29 is 9.53 Å². The molecule has 0 fully saturated rings. The van der Waals surface area contributed by atoms with Crippen LogP contribution in [0.5, 0.6) is 0 Å². The van der Waals surface area contributed by atoms with Gasteiger partial charge in [-0.2, -0.15) is 0 Å². The number of benzene rings is 2. The van der Waals surface area contributed by atoms with E-state index in [1.807, 2.05) is 54.4 Å². The Morgan fingerprint density at radius 3 is 2.38 bits per heavy atom. The maximum Gasteiger partial charge on any atom is 0.230 e. The van der Waals surface area contributed by atoms with Gasteiger partial charge in [-0.1, -0.05) is 69.2 Å². The second kappa shape index (κ2) is 13.7. The third-order valence-electron chi connectivity index (χ3n) is 8.04. The molecule has 0 radical (unpaired) electrons. The van der Waals surface area contributed by atoms with Crippen molar-refractivity contribution in [3.05, 3.63) is 65.2 Å². The highest BCUT2D eigenvalue weighted by Gasteiger charge is 2.36. The van der Waals surface area contributed by atoms with E-state index in [4.69, 9.17) is 16.3 Å². The molecule has 0 aromatic heterocycles. The number of para-hydroxylation sites is 1. The van der Waals surface area contributed by atoms with E-state index < -0.39 is 5.54 Å². The minimum absolute atomic E-state index is 0.0389. The van der Waals surface area contributed by atoms with Crippen LogP contribution >= 0.6 is 0 Å². The number of hydrazine groups is 1. The molecule has 1 heterocycles. The van der Waals surface area contributed by atoms with Gasteiger partial charge >= 0.3 is 0 Å². The molecule has 0 bridgehead atoms. The van der Waals surface area contributed by atoms with Crippen LogP contribution in [-0.2, 0) is 16.1 Å². The third kappa shape index (κ3) is 7.25. The molecule has 40 heavy (non-hydrogen) atoms. The quantitative estimate of drug-likeness (QED) is 0.213. The van der Waals surface area contributed by atoms with Crippen LogP contribution in [0, 0.1) is 5.92 Å². The smallest absolute Gasteiger partial charge is 0.230 e. The zero-order chi connectivity index (χ0) is 29.5. The van der Waals surface area contributed by atoms with Gasteiger partial charge in [0, 0.05) is 17.0 Å². The summed E-state index contributed by atoms with van der Waals surface area (Å²) in [5.74, 6) is 7.12. The second-order valence-electron chi connectivity index (χ2n) is 12.2. The van der Waals surface area contributed by atoms with E-state index in [1.165, 1.54) is 0 Å². The highest BCUT2D eigenvalue weighted by Crippen LogP contribution is 2.40. The van der Waals surface area contributed by atoms with E-state index in [1.54, 1.807) is 5.01 Å². The van der Waals surface area contributed by atoms with Crippen LogP contribution in [0.1, 0.15) is 90.3 Å². The van der Waals surface area contributed by atoms with Gasteiger partial charge in [0.1, 0.15) is 0 Å². The number of nitrogens with one attached hydrogen (secondary N) is 1. The summed E-state index contributed by atoms with van der Waals surface area (Å²) in [5, 5.41) is 4.94. The van der Waals surface area contributed by atoms with Crippen LogP contribution in [-0.4, -0.2) is 42.3 Å². The van der Waals surface area contributed by atoms with Crippen LogP contribution in [0.3, 0.4) is 0 Å². The van der Waals surface area contributed by atoms with E-state index in [0.717, 1.165) is 61.0 Å². The molecule has 0 aliphatic carbocycles. The molecular weight excluding hydrogens is 498 g/mol. The van der Waals surface area contributed by atoms with Crippen LogP contribution < -0.4 is 21.8 Å². The molecule has 0 spiro atoms. The highest BCUT2D eigenvalue weighted by molar-refractivity contribution is 6.02. The number of anilines is 1. The number of nitrogens with two attached hydrogens (primary N) is 2. The number of hydrogen-bond acceptors (Lipinski definition) is 6. The van der Waals surface area contributed by atoms with Gasteiger partial charge in [0.05, 0.1) is 41.4 Å². The lowest BCUT2D eigenvalue weighted by atomic mass is 9.92. The average Bonchev–Trinajstić information content (AvgIpc) is 2.94. The Bertz CT molecular complexity index is 1170. The van der Waals surface area contributed by atoms with Crippen LogP contribution in [0.25, 0.3) is 11.4 Å². The van der Waals surface area contributed by atoms with Gasteiger partial charge in [-0.15, -0.1) is 0 Å². The summed E-state index contributed by atoms with van der Waals surface area (Å²) in [4.78, 5) is 16.1. The molecule has 1 unspecified atom stereocenters. The first-order valence-electron chi connectivity index (χ1n) is 14.8. The van der Waals surface area contributed by atoms with Crippen LogP contribution in [0.15, 0.2) is 48.5 Å². The van der Waals surface area contributed by atoms with Crippen molar-refractivity contribution in [1.82, 2.24) is 10.3 Å². The molecule has 2 aromatic rings. The molecule has 0 saturated heterocycles. The predicted octanol–water partition coefficient (Wildman–Crippen LogP) is 5.89. The van der Waals surface area contributed by atoms with E-state index in [-0.39, 0.29) is 17.4 Å². The summed E-state index contributed by atoms with van der Waals surface area (Å²) in [6.45, 7) is 14.3. The minimum Gasteiger partial charge on any atom is -0.396 e. The van der Waals surface area contributed by atoms with E-state index >= 15 is 0 Å². The fraction of sp³-hybridized carbons (Fsp3) is 0.545. The minimum atomic E-state index is -0.597. The topological polar surface area (TPSA) is 96.9 Å². The molecule has 7 heteroatoms. The van der Waals surface area contributed by atoms with Gasteiger partial charge in [-0.25, -0.2) is 5.84 Å². The Labute approximate surface area is 241 Å². The van der Waals surface area contributed by atoms with Crippen molar-refractivity contribution in [2.24, 2.45) is 17.5 Å². The van der Waals surface area contributed by atoms with Gasteiger partial charge < -0.3 is 25.7 Å². The summed E-state index contributed by atoms with van der Waals surface area (Å²) in [6.07, 6.45) is 4.66. The summed E-state index contributed by atoms with van der Waals surface area (Å²) in [6, 6.07) is 16.1. The standard InChI is InChI=1S/C33H51N5O2/c1-8-10-15-24(9-2)31(39)37-22-25-16-11-12-17-26(25)29(34)30(27-18-13-14-19-28(27)37)38(35)32(3,4)23-40-33(5,6)20-21-36-7/h11-14,16-19,24,36H,8-10,15,20-23,34-35H2,1-7H3/b30-29-. The zero-order valence-corrected chi connectivity index (χ0v) is 25.7. The molecule has 0 saturated carbocycles. The predicted molar refractivity (Wildman–Crippen MR) is 167 cm³/mol. The van der Waals surface area contributed by atoms with Crippen molar-refractivity contribution in [3.63, 3.8) is 0 Å². The van der Waals surface area contributed by atoms with Gasteiger partial charge in [0.2, 0.25) is 5.91 Å². The maximum absolute atomic E-state index is 14.1. The van der Waals surface area contributed by atoms with Gasteiger partial charge in [-0.05, 0) is 72.2 Å². The first-order valence-corrected chi connectivity index (χ1v) is 14.8. The van der Waals surface area contributed by atoms with Gasteiger partial charge in [-0.3, -0.25) is 4.79 Å². The highest BCUT2D eigenvalue weighted by atomic mass is 16.5. The van der Waals surface area contributed by atoms with E-state index in [0.29, 0.717) is 24.5 Å². The van der Waals surface area contributed by atoms with Crippen molar-refractivity contribution in [2.75, 3.05) is 25.1 Å². The fourth-order valence-corrected chi connectivity index (χ4v) is 5.23. The lowest BCUT2D eigenvalue weighted by molar-refractivity contribution is -0.122. The number of carbonyl (C=O) groups excluding carboxylic acids is 1. The lowest BCUT2D eigenvalue weighted by Gasteiger charge is -2.42. The first-order chi connectivity index (χ1) is 19.0. The fourth-order valence-electron chi connectivity index (χ4n) is 5.23. The Balaban J connectivity index is 2.13. The van der Waals surface area contributed by atoms with Gasteiger partial charge in [0.15, 0.2) is 0 Å². The Morgan fingerprint density at radius 2 is 1.73 bits per heavy atom. The Kier molecular flexibility index (Phi) is 10.8. The number of rotatable bonds is 13. The molecule has 1 atom stereocenters. The second-order valence-corrected chi connectivity index (χ2v) is 12.2. The lowest BCUT2D eigenvalue weighted by Crippen LogP contribution is -2.52. The summed E-state index contributed by atoms with van der Waals surface area (Å²) < 4.78 is 6.41. The molecule has 5 N–H and O–H groups in total. The maximum atomic E-state index is 14.1. The molecular formula is C33H51N5O2.